The maximum absolute atomic E-state index is 10.1. The topological polar surface area (TPSA) is 32.7 Å². The van der Waals surface area contributed by atoms with E-state index in [1.165, 1.54) is 0 Å². The summed E-state index contributed by atoms with van der Waals surface area (Å²) in [5.74, 6) is 3.29. The molecule has 0 saturated carbocycles. The van der Waals surface area contributed by atoms with Gasteiger partial charge in [-0.2, -0.15) is 11.8 Å². The van der Waals surface area contributed by atoms with Crippen LogP contribution in [0.1, 0.15) is 13.3 Å². The molecule has 2 unspecified atom stereocenters. The first-order valence-corrected chi connectivity index (χ1v) is 7.52. The van der Waals surface area contributed by atoms with Crippen molar-refractivity contribution in [3.05, 3.63) is 0 Å². The molecule has 0 aliphatic carbocycles. The molecular weight excluding hydrogens is 222 g/mol. The normalized spacial score (nSPS) is 35.2. The minimum absolute atomic E-state index is 0.0376. The zero-order valence-corrected chi connectivity index (χ0v) is 10.9. The Bertz CT molecular complexity index is 201. The predicted octanol–water partition coefficient (Wildman–Crippen LogP) is 1.07. The van der Waals surface area contributed by atoms with E-state index in [2.05, 4.69) is 4.90 Å². The van der Waals surface area contributed by atoms with Crippen LogP contribution in [-0.2, 0) is 4.74 Å². The Hall–Kier alpha value is 0.230. The number of fused-ring (bicyclic) bond motifs is 2. The largest absolute Gasteiger partial charge is 0.392 e. The molecular formula is C12H23NO2S. The second-order valence-corrected chi connectivity index (χ2v) is 5.93. The van der Waals surface area contributed by atoms with Crippen molar-refractivity contribution in [2.75, 3.05) is 44.4 Å². The van der Waals surface area contributed by atoms with Crippen LogP contribution in [0.15, 0.2) is 0 Å². The average Bonchev–Trinajstić information content (AvgIpc) is 2.25. The number of hydrogen-bond donors (Lipinski definition) is 1. The number of rotatable bonds is 5. The zero-order chi connectivity index (χ0) is 11.4. The third-order valence-electron chi connectivity index (χ3n) is 3.58. The molecule has 4 heteroatoms. The molecule has 16 heavy (non-hydrogen) atoms. The molecule has 2 rings (SSSR count). The predicted molar refractivity (Wildman–Crippen MR) is 67.9 cm³/mol. The lowest BCUT2D eigenvalue weighted by atomic mass is 9.87. The lowest BCUT2D eigenvalue weighted by molar-refractivity contribution is -0.0107. The van der Waals surface area contributed by atoms with E-state index in [1.54, 1.807) is 0 Å². The smallest absolute Gasteiger partial charge is 0.0636 e. The fourth-order valence-corrected chi connectivity index (χ4v) is 4.08. The molecule has 2 aliphatic heterocycles. The van der Waals surface area contributed by atoms with Crippen LogP contribution in [0.2, 0.25) is 0 Å². The van der Waals surface area contributed by atoms with E-state index in [4.69, 9.17) is 4.74 Å². The standard InChI is InChI=1S/C12H23NO2S/c1-2-15-5-3-4-13-6-10-8-16-9-11(7-13)12(10)14/h10-12,14H,2-9H2,1H3. The minimum Gasteiger partial charge on any atom is -0.392 e. The van der Waals surface area contributed by atoms with Crippen molar-refractivity contribution in [2.45, 2.75) is 19.4 Å². The van der Waals surface area contributed by atoms with Gasteiger partial charge in [-0.3, -0.25) is 0 Å². The molecule has 0 radical (unpaired) electrons. The molecule has 2 heterocycles. The van der Waals surface area contributed by atoms with E-state index in [-0.39, 0.29) is 6.10 Å². The number of piperidine rings is 1. The highest BCUT2D eigenvalue weighted by molar-refractivity contribution is 7.99. The molecule has 0 aromatic rings. The van der Waals surface area contributed by atoms with Crippen LogP contribution in [0.3, 0.4) is 0 Å². The van der Waals surface area contributed by atoms with Gasteiger partial charge in [0.25, 0.3) is 0 Å². The van der Waals surface area contributed by atoms with Crippen LogP contribution in [0.4, 0.5) is 0 Å². The molecule has 3 nitrogen and oxygen atoms in total. The average molecular weight is 245 g/mol. The van der Waals surface area contributed by atoms with E-state index >= 15 is 0 Å². The van der Waals surface area contributed by atoms with Gasteiger partial charge in [-0.25, -0.2) is 0 Å². The molecule has 0 aromatic heterocycles. The highest BCUT2D eigenvalue weighted by Crippen LogP contribution is 2.33. The highest BCUT2D eigenvalue weighted by Gasteiger charge is 2.38. The summed E-state index contributed by atoms with van der Waals surface area (Å²) >= 11 is 2.01. The van der Waals surface area contributed by atoms with Crippen molar-refractivity contribution in [1.29, 1.82) is 0 Å². The molecule has 2 aliphatic rings. The van der Waals surface area contributed by atoms with Crippen molar-refractivity contribution in [3.63, 3.8) is 0 Å². The van der Waals surface area contributed by atoms with Crippen molar-refractivity contribution in [2.24, 2.45) is 11.8 Å². The number of aliphatic hydroxyl groups excluding tert-OH is 1. The molecule has 2 saturated heterocycles. The summed E-state index contributed by atoms with van der Waals surface area (Å²) in [4.78, 5) is 2.51. The summed E-state index contributed by atoms with van der Waals surface area (Å²) in [6.45, 7) is 7.02. The molecule has 0 amide bonds. The number of hydrogen-bond acceptors (Lipinski definition) is 4. The minimum atomic E-state index is -0.0376. The Labute approximate surface area is 103 Å². The van der Waals surface area contributed by atoms with Crippen LogP contribution in [-0.4, -0.2) is 60.5 Å². The molecule has 2 bridgehead atoms. The van der Waals surface area contributed by atoms with Crippen LogP contribution in [0, 0.1) is 11.8 Å². The first kappa shape index (κ1) is 12.7. The van der Waals surface area contributed by atoms with Crippen molar-refractivity contribution < 1.29 is 9.84 Å². The first-order valence-electron chi connectivity index (χ1n) is 6.37. The van der Waals surface area contributed by atoms with Gasteiger partial charge >= 0.3 is 0 Å². The van der Waals surface area contributed by atoms with E-state index in [9.17, 15) is 5.11 Å². The summed E-state index contributed by atoms with van der Waals surface area (Å²) in [6.07, 6.45) is 1.08. The molecule has 0 spiro atoms. The monoisotopic (exact) mass is 245 g/mol. The number of likely N-dealkylation sites (tertiary alicyclic amines) is 1. The second-order valence-electron chi connectivity index (χ2n) is 4.86. The summed E-state index contributed by atoms with van der Waals surface area (Å²) in [6, 6.07) is 0. The molecule has 2 atom stereocenters. The quantitative estimate of drug-likeness (QED) is 0.735. The Morgan fingerprint density at radius 1 is 1.31 bits per heavy atom. The maximum atomic E-state index is 10.1. The maximum Gasteiger partial charge on any atom is 0.0636 e. The Morgan fingerprint density at radius 2 is 2.00 bits per heavy atom. The highest BCUT2D eigenvalue weighted by atomic mass is 32.2. The fourth-order valence-electron chi connectivity index (χ4n) is 2.73. The van der Waals surface area contributed by atoms with Gasteiger partial charge in [-0.1, -0.05) is 0 Å². The summed E-state index contributed by atoms with van der Waals surface area (Å²) in [5.41, 5.74) is 0. The van der Waals surface area contributed by atoms with E-state index in [0.29, 0.717) is 11.8 Å². The van der Waals surface area contributed by atoms with Gasteiger partial charge in [0.2, 0.25) is 0 Å². The van der Waals surface area contributed by atoms with Gasteiger partial charge in [0, 0.05) is 44.7 Å². The summed E-state index contributed by atoms with van der Waals surface area (Å²) in [7, 11) is 0. The summed E-state index contributed by atoms with van der Waals surface area (Å²) in [5, 5.41) is 10.1. The number of aliphatic hydroxyl groups is 1. The Morgan fingerprint density at radius 3 is 2.62 bits per heavy atom. The van der Waals surface area contributed by atoms with Crippen LogP contribution >= 0.6 is 11.8 Å². The lowest BCUT2D eigenvalue weighted by Gasteiger charge is -2.44. The van der Waals surface area contributed by atoms with Gasteiger partial charge in [0.1, 0.15) is 0 Å². The Kier molecular flexibility index (Phi) is 4.95. The van der Waals surface area contributed by atoms with Crippen molar-refractivity contribution in [1.82, 2.24) is 4.90 Å². The number of nitrogens with zero attached hydrogens (tertiary/aromatic N) is 1. The third kappa shape index (κ3) is 3.13. The third-order valence-corrected chi connectivity index (χ3v) is 4.91. The Balaban J connectivity index is 1.72. The summed E-state index contributed by atoms with van der Waals surface area (Å²) < 4.78 is 5.36. The van der Waals surface area contributed by atoms with Gasteiger partial charge in [-0.05, 0) is 24.9 Å². The molecule has 1 N–H and O–H groups in total. The lowest BCUT2D eigenvalue weighted by Crippen LogP contribution is -2.53. The van der Waals surface area contributed by atoms with Gasteiger partial charge in [0.15, 0.2) is 0 Å². The van der Waals surface area contributed by atoms with Crippen LogP contribution in [0.5, 0.6) is 0 Å². The van der Waals surface area contributed by atoms with Gasteiger partial charge in [-0.15, -0.1) is 0 Å². The fraction of sp³-hybridized carbons (Fsp3) is 1.00. The van der Waals surface area contributed by atoms with Crippen LogP contribution in [0.25, 0.3) is 0 Å². The molecule has 94 valence electrons. The molecule has 0 aromatic carbocycles. The SMILES string of the molecule is CCOCCCN1CC2CSCC(C1)C2O. The number of thioether (sulfide) groups is 1. The number of ether oxygens (including phenoxy) is 1. The second kappa shape index (κ2) is 6.24. The zero-order valence-electron chi connectivity index (χ0n) is 10.1. The van der Waals surface area contributed by atoms with E-state index in [0.717, 1.165) is 50.8 Å². The first-order chi connectivity index (χ1) is 7.81. The van der Waals surface area contributed by atoms with Crippen molar-refractivity contribution >= 4 is 11.8 Å². The van der Waals surface area contributed by atoms with Gasteiger partial charge in [0.05, 0.1) is 6.10 Å². The molecule has 2 fully saturated rings. The van der Waals surface area contributed by atoms with E-state index < -0.39 is 0 Å². The van der Waals surface area contributed by atoms with E-state index in [1.807, 2.05) is 18.7 Å². The van der Waals surface area contributed by atoms with Crippen LogP contribution < -0.4 is 0 Å². The van der Waals surface area contributed by atoms with Crippen molar-refractivity contribution in [3.8, 4) is 0 Å². The van der Waals surface area contributed by atoms with Gasteiger partial charge < -0.3 is 14.7 Å².